The Kier molecular flexibility index (Phi) is 5.28. The lowest BCUT2D eigenvalue weighted by atomic mass is 9.96. The van der Waals surface area contributed by atoms with Crippen molar-refractivity contribution in [3.63, 3.8) is 0 Å². The monoisotopic (exact) mass is 253 g/mol. The predicted molar refractivity (Wildman–Crippen MR) is 68.8 cm³/mol. The molecular weight excluding hydrogens is 233 g/mol. The SMILES string of the molecule is Cc1cc(CNCC(C(=O)O)C(C)C)ccc1F. The van der Waals surface area contributed by atoms with Gasteiger partial charge in [-0.25, -0.2) is 4.39 Å². The van der Waals surface area contributed by atoms with Gasteiger partial charge in [-0.1, -0.05) is 26.0 Å². The van der Waals surface area contributed by atoms with E-state index in [2.05, 4.69) is 5.32 Å². The summed E-state index contributed by atoms with van der Waals surface area (Å²) in [5.41, 5.74) is 1.56. The maximum Gasteiger partial charge on any atom is 0.308 e. The Hall–Kier alpha value is -1.42. The maximum absolute atomic E-state index is 13.1. The van der Waals surface area contributed by atoms with Gasteiger partial charge < -0.3 is 10.4 Å². The number of hydrogen-bond acceptors (Lipinski definition) is 2. The number of aliphatic carboxylic acids is 1. The van der Waals surface area contributed by atoms with Crippen LogP contribution in [0.3, 0.4) is 0 Å². The van der Waals surface area contributed by atoms with Crippen molar-refractivity contribution in [1.82, 2.24) is 5.32 Å². The van der Waals surface area contributed by atoms with Crippen LogP contribution in [-0.2, 0) is 11.3 Å². The van der Waals surface area contributed by atoms with Crippen LogP contribution in [0, 0.1) is 24.6 Å². The van der Waals surface area contributed by atoms with E-state index in [-0.39, 0.29) is 11.7 Å². The summed E-state index contributed by atoms with van der Waals surface area (Å²) >= 11 is 0. The highest BCUT2D eigenvalue weighted by Gasteiger charge is 2.20. The summed E-state index contributed by atoms with van der Waals surface area (Å²) in [4.78, 5) is 11.0. The third kappa shape index (κ3) is 4.11. The lowest BCUT2D eigenvalue weighted by Crippen LogP contribution is -2.31. The third-order valence-corrected chi connectivity index (χ3v) is 3.04. The first-order valence-corrected chi connectivity index (χ1v) is 6.10. The van der Waals surface area contributed by atoms with Crippen molar-refractivity contribution in [3.8, 4) is 0 Å². The van der Waals surface area contributed by atoms with Gasteiger partial charge in [0.1, 0.15) is 5.82 Å². The molecule has 1 aromatic carbocycles. The molecule has 0 aliphatic rings. The molecule has 4 heteroatoms. The van der Waals surface area contributed by atoms with Gasteiger partial charge in [0.15, 0.2) is 0 Å². The minimum Gasteiger partial charge on any atom is -0.481 e. The van der Waals surface area contributed by atoms with E-state index in [1.54, 1.807) is 19.1 Å². The lowest BCUT2D eigenvalue weighted by Gasteiger charge is -2.16. The fraction of sp³-hybridized carbons (Fsp3) is 0.500. The smallest absolute Gasteiger partial charge is 0.308 e. The van der Waals surface area contributed by atoms with Crippen LogP contribution in [0.1, 0.15) is 25.0 Å². The molecule has 0 spiro atoms. The molecule has 0 fully saturated rings. The van der Waals surface area contributed by atoms with E-state index in [0.717, 1.165) is 5.56 Å². The number of carboxylic acid groups (broad SMARTS) is 1. The quantitative estimate of drug-likeness (QED) is 0.819. The number of rotatable bonds is 6. The normalized spacial score (nSPS) is 12.7. The number of halogens is 1. The molecule has 3 nitrogen and oxygen atoms in total. The molecule has 1 rings (SSSR count). The minimum atomic E-state index is -0.784. The average Bonchev–Trinajstić information content (AvgIpc) is 2.28. The lowest BCUT2D eigenvalue weighted by molar-refractivity contribution is -0.143. The van der Waals surface area contributed by atoms with E-state index >= 15 is 0 Å². The largest absolute Gasteiger partial charge is 0.481 e. The number of carboxylic acids is 1. The second kappa shape index (κ2) is 6.50. The van der Waals surface area contributed by atoms with Gasteiger partial charge >= 0.3 is 5.97 Å². The van der Waals surface area contributed by atoms with Gasteiger partial charge in [-0.2, -0.15) is 0 Å². The number of nitrogens with one attached hydrogen (secondary N) is 1. The van der Waals surface area contributed by atoms with Crippen LogP contribution in [0.2, 0.25) is 0 Å². The number of aryl methyl sites for hydroxylation is 1. The highest BCUT2D eigenvalue weighted by Crippen LogP contribution is 2.11. The van der Waals surface area contributed by atoms with Crippen LogP contribution in [0.25, 0.3) is 0 Å². The van der Waals surface area contributed by atoms with Crippen molar-refractivity contribution < 1.29 is 14.3 Å². The van der Waals surface area contributed by atoms with Gasteiger partial charge in [0.2, 0.25) is 0 Å². The topological polar surface area (TPSA) is 49.3 Å². The standard InChI is InChI=1S/C14H20FNO2/c1-9(2)12(14(17)18)8-16-7-11-4-5-13(15)10(3)6-11/h4-6,9,12,16H,7-8H2,1-3H3,(H,17,18). The fourth-order valence-electron chi connectivity index (χ4n) is 1.80. The Bertz CT molecular complexity index is 418. The molecule has 18 heavy (non-hydrogen) atoms. The maximum atomic E-state index is 13.1. The molecule has 0 aromatic heterocycles. The third-order valence-electron chi connectivity index (χ3n) is 3.04. The first kappa shape index (κ1) is 14.6. The molecular formula is C14H20FNO2. The van der Waals surface area contributed by atoms with E-state index in [0.29, 0.717) is 18.7 Å². The van der Waals surface area contributed by atoms with Gasteiger partial charge in [-0.15, -0.1) is 0 Å². The average molecular weight is 253 g/mol. The predicted octanol–water partition coefficient (Wildman–Crippen LogP) is 2.58. The Balaban J connectivity index is 2.50. The second-order valence-corrected chi connectivity index (χ2v) is 4.90. The van der Waals surface area contributed by atoms with Gasteiger partial charge in [-0.3, -0.25) is 4.79 Å². The van der Waals surface area contributed by atoms with E-state index in [1.165, 1.54) is 6.07 Å². The first-order valence-electron chi connectivity index (χ1n) is 6.10. The molecule has 100 valence electrons. The summed E-state index contributed by atoms with van der Waals surface area (Å²) in [7, 11) is 0. The summed E-state index contributed by atoms with van der Waals surface area (Å²) in [5, 5.41) is 12.1. The van der Waals surface area contributed by atoms with E-state index in [1.807, 2.05) is 13.8 Å². The number of hydrogen-bond donors (Lipinski definition) is 2. The molecule has 1 atom stereocenters. The fourth-order valence-corrected chi connectivity index (χ4v) is 1.80. The molecule has 0 saturated carbocycles. The van der Waals surface area contributed by atoms with Crippen molar-refractivity contribution >= 4 is 5.97 Å². The van der Waals surface area contributed by atoms with Crippen LogP contribution in [0.5, 0.6) is 0 Å². The van der Waals surface area contributed by atoms with Crippen LogP contribution >= 0.6 is 0 Å². The van der Waals surface area contributed by atoms with Crippen molar-refractivity contribution in [2.45, 2.75) is 27.3 Å². The van der Waals surface area contributed by atoms with Crippen molar-refractivity contribution in [1.29, 1.82) is 0 Å². The van der Waals surface area contributed by atoms with Crippen molar-refractivity contribution in [3.05, 3.63) is 35.1 Å². The molecule has 0 aliphatic carbocycles. The zero-order chi connectivity index (χ0) is 13.7. The summed E-state index contributed by atoms with van der Waals surface area (Å²) < 4.78 is 13.1. The van der Waals surface area contributed by atoms with E-state index in [4.69, 9.17) is 5.11 Å². The molecule has 0 heterocycles. The Morgan fingerprint density at radius 3 is 2.61 bits per heavy atom. The molecule has 0 aliphatic heterocycles. The Morgan fingerprint density at radius 2 is 2.11 bits per heavy atom. The molecule has 1 aromatic rings. The number of carbonyl (C=O) groups is 1. The van der Waals surface area contributed by atoms with E-state index in [9.17, 15) is 9.18 Å². The van der Waals surface area contributed by atoms with Crippen molar-refractivity contribution in [2.24, 2.45) is 11.8 Å². The van der Waals surface area contributed by atoms with Gasteiger partial charge in [0.05, 0.1) is 5.92 Å². The molecule has 0 saturated heterocycles. The first-order chi connectivity index (χ1) is 8.41. The van der Waals surface area contributed by atoms with Gasteiger partial charge in [-0.05, 0) is 30.0 Å². The van der Waals surface area contributed by atoms with Gasteiger partial charge in [0.25, 0.3) is 0 Å². The minimum absolute atomic E-state index is 0.0879. The summed E-state index contributed by atoms with van der Waals surface area (Å²) in [5.74, 6) is -1.31. The summed E-state index contributed by atoms with van der Waals surface area (Å²) in [6.07, 6.45) is 0. The van der Waals surface area contributed by atoms with Crippen LogP contribution in [0.15, 0.2) is 18.2 Å². The Labute approximate surface area is 107 Å². The van der Waals surface area contributed by atoms with E-state index < -0.39 is 11.9 Å². The molecule has 0 bridgehead atoms. The van der Waals surface area contributed by atoms with Crippen LogP contribution < -0.4 is 5.32 Å². The highest BCUT2D eigenvalue weighted by molar-refractivity contribution is 5.70. The molecule has 1 unspecified atom stereocenters. The molecule has 0 amide bonds. The molecule has 0 radical (unpaired) electrons. The highest BCUT2D eigenvalue weighted by atomic mass is 19.1. The molecule has 2 N–H and O–H groups in total. The zero-order valence-corrected chi connectivity index (χ0v) is 11.0. The zero-order valence-electron chi connectivity index (χ0n) is 11.0. The summed E-state index contributed by atoms with van der Waals surface area (Å²) in [6, 6.07) is 4.91. The van der Waals surface area contributed by atoms with Crippen LogP contribution in [-0.4, -0.2) is 17.6 Å². The van der Waals surface area contributed by atoms with Crippen molar-refractivity contribution in [2.75, 3.05) is 6.54 Å². The Morgan fingerprint density at radius 1 is 1.44 bits per heavy atom. The number of benzene rings is 1. The summed E-state index contributed by atoms with van der Waals surface area (Å²) in [6.45, 7) is 6.47. The van der Waals surface area contributed by atoms with Crippen LogP contribution in [0.4, 0.5) is 4.39 Å². The second-order valence-electron chi connectivity index (χ2n) is 4.90. The van der Waals surface area contributed by atoms with Gasteiger partial charge in [0, 0.05) is 13.1 Å².